The molecule has 1 N–H and O–H groups in total. The van der Waals surface area contributed by atoms with Crippen molar-refractivity contribution in [1.29, 1.82) is 0 Å². The van der Waals surface area contributed by atoms with Gasteiger partial charge in [-0.2, -0.15) is 0 Å². The van der Waals surface area contributed by atoms with Crippen LogP contribution in [-0.2, 0) is 10.4 Å². The van der Waals surface area contributed by atoms with E-state index in [0.29, 0.717) is 6.61 Å². The van der Waals surface area contributed by atoms with Gasteiger partial charge in [0.2, 0.25) is 0 Å². The minimum Gasteiger partial charge on any atom is -0.376 e. The molecule has 0 unspecified atom stereocenters. The maximum atomic E-state index is 11.2. The molecule has 2 heterocycles. The van der Waals surface area contributed by atoms with Crippen LogP contribution < -0.4 is 5.32 Å². The fourth-order valence-electron chi connectivity index (χ4n) is 2.58. The van der Waals surface area contributed by atoms with Gasteiger partial charge in [0.15, 0.2) is 6.29 Å². The summed E-state index contributed by atoms with van der Waals surface area (Å²) in [6, 6.07) is 7.94. The molecule has 4 heteroatoms. The SMILES string of the molecule is C[C@]1(n2cc(C=O)c3ccccc32)COCCN1. The van der Waals surface area contributed by atoms with Crippen molar-refractivity contribution in [2.45, 2.75) is 12.6 Å². The lowest BCUT2D eigenvalue weighted by Gasteiger charge is -2.36. The number of nitrogens with zero attached hydrogens (tertiary/aromatic N) is 1. The molecule has 1 aliphatic heterocycles. The average Bonchev–Trinajstić information content (AvgIpc) is 2.79. The van der Waals surface area contributed by atoms with Gasteiger partial charge in [0.05, 0.1) is 18.7 Å². The number of benzene rings is 1. The summed E-state index contributed by atoms with van der Waals surface area (Å²) in [6.45, 7) is 4.24. The van der Waals surface area contributed by atoms with Gasteiger partial charge >= 0.3 is 0 Å². The second kappa shape index (κ2) is 4.23. The second-order valence-corrected chi connectivity index (χ2v) is 4.84. The summed E-state index contributed by atoms with van der Waals surface area (Å²) in [5, 5.41) is 4.45. The quantitative estimate of drug-likeness (QED) is 0.818. The Morgan fingerprint density at radius 1 is 1.44 bits per heavy atom. The molecule has 0 radical (unpaired) electrons. The third kappa shape index (κ3) is 1.65. The predicted octanol–water partition coefficient (Wildman–Crippen LogP) is 1.75. The number of nitrogens with one attached hydrogen (secondary N) is 1. The molecule has 0 bridgehead atoms. The smallest absolute Gasteiger partial charge is 0.152 e. The summed E-state index contributed by atoms with van der Waals surface area (Å²) in [5.74, 6) is 0. The van der Waals surface area contributed by atoms with Gasteiger partial charge in [-0.25, -0.2) is 0 Å². The van der Waals surface area contributed by atoms with Crippen LogP contribution in [0.4, 0.5) is 0 Å². The topological polar surface area (TPSA) is 43.3 Å². The number of carbonyl (C=O) groups is 1. The minimum atomic E-state index is -0.293. The molecule has 0 aliphatic carbocycles. The fraction of sp³-hybridized carbons (Fsp3) is 0.357. The first kappa shape index (κ1) is 11.4. The Hall–Kier alpha value is -1.65. The highest BCUT2D eigenvalue weighted by Gasteiger charge is 2.30. The lowest BCUT2D eigenvalue weighted by atomic mass is 10.1. The van der Waals surface area contributed by atoms with Crippen molar-refractivity contribution in [3.8, 4) is 0 Å². The molecule has 3 rings (SSSR count). The third-order valence-electron chi connectivity index (χ3n) is 3.54. The monoisotopic (exact) mass is 244 g/mol. The minimum absolute atomic E-state index is 0.293. The van der Waals surface area contributed by atoms with Crippen molar-refractivity contribution in [1.82, 2.24) is 9.88 Å². The number of aldehydes is 1. The van der Waals surface area contributed by atoms with E-state index in [1.807, 2.05) is 30.5 Å². The summed E-state index contributed by atoms with van der Waals surface area (Å²) in [7, 11) is 0. The van der Waals surface area contributed by atoms with Crippen LogP contribution in [0, 0.1) is 0 Å². The number of morpholine rings is 1. The molecule has 1 aliphatic rings. The number of para-hydroxylation sites is 1. The van der Waals surface area contributed by atoms with E-state index in [1.54, 1.807) is 0 Å². The second-order valence-electron chi connectivity index (χ2n) is 4.84. The molecule has 0 amide bonds. The Bertz CT molecular complexity index is 582. The lowest BCUT2D eigenvalue weighted by molar-refractivity contribution is 0.000654. The van der Waals surface area contributed by atoms with Crippen molar-refractivity contribution in [2.24, 2.45) is 0 Å². The summed E-state index contributed by atoms with van der Waals surface area (Å²) in [5.41, 5.74) is 1.48. The maximum Gasteiger partial charge on any atom is 0.152 e. The summed E-state index contributed by atoms with van der Waals surface area (Å²) in [4.78, 5) is 11.2. The van der Waals surface area contributed by atoms with Crippen LogP contribution >= 0.6 is 0 Å². The lowest BCUT2D eigenvalue weighted by Crippen LogP contribution is -2.53. The highest BCUT2D eigenvalue weighted by atomic mass is 16.5. The molecule has 1 aromatic heterocycles. The molecule has 18 heavy (non-hydrogen) atoms. The van der Waals surface area contributed by atoms with Crippen LogP contribution in [0.2, 0.25) is 0 Å². The molecular formula is C14H16N2O2. The van der Waals surface area contributed by atoms with E-state index in [-0.39, 0.29) is 5.66 Å². The normalized spacial score (nSPS) is 24.3. The van der Waals surface area contributed by atoms with Crippen LogP contribution in [0.5, 0.6) is 0 Å². The van der Waals surface area contributed by atoms with Crippen LogP contribution in [-0.4, -0.2) is 30.6 Å². The van der Waals surface area contributed by atoms with Gasteiger partial charge in [-0.05, 0) is 13.0 Å². The van der Waals surface area contributed by atoms with Gasteiger partial charge < -0.3 is 9.30 Å². The van der Waals surface area contributed by atoms with E-state index in [0.717, 1.165) is 35.9 Å². The van der Waals surface area contributed by atoms with Crippen molar-refractivity contribution in [3.05, 3.63) is 36.0 Å². The van der Waals surface area contributed by atoms with E-state index in [1.165, 1.54) is 0 Å². The Morgan fingerprint density at radius 2 is 2.28 bits per heavy atom. The van der Waals surface area contributed by atoms with Gasteiger partial charge in [-0.3, -0.25) is 10.1 Å². The first-order valence-electron chi connectivity index (χ1n) is 6.13. The van der Waals surface area contributed by atoms with E-state index in [9.17, 15) is 4.79 Å². The molecule has 1 aromatic carbocycles. The highest BCUT2D eigenvalue weighted by molar-refractivity contribution is 5.97. The van der Waals surface area contributed by atoms with Crippen LogP contribution in [0.3, 0.4) is 0 Å². The molecule has 94 valence electrons. The zero-order chi connectivity index (χ0) is 12.6. The van der Waals surface area contributed by atoms with Crippen molar-refractivity contribution in [2.75, 3.05) is 19.8 Å². The predicted molar refractivity (Wildman–Crippen MR) is 69.8 cm³/mol. The number of fused-ring (bicyclic) bond motifs is 1. The van der Waals surface area contributed by atoms with Crippen molar-refractivity contribution < 1.29 is 9.53 Å². The molecule has 0 saturated carbocycles. The number of rotatable bonds is 2. The average molecular weight is 244 g/mol. The standard InChI is InChI=1S/C14H16N2O2/c1-14(10-18-7-6-15-14)16-8-11(9-17)12-4-2-3-5-13(12)16/h2-5,8-9,15H,6-7,10H2,1H3/t14-/m0/s1. The third-order valence-corrected chi connectivity index (χ3v) is 3.54. The maximum absolute atomic E-state index is 11.2. The largest absolute Gasteiger partial charge is 0.376 e. The molecule has 1 saturated heterocycles. The summed E-state index contributed by atoms with van der Waals surface area (Å²) < 4.78 is 7.66. The Morgan fingerprint density at radius 3 is 3.00 bits per heavy atom. The van der Waals surface area contributed by atoms with E-state index in [4.69, 9.17) is 4.74 Å². The van der Waals surface area contributed by atoms with E-state index < -0.39 is 0 Å². The molecule has 1 fully saturated rings. The molecular weight excluding hydrogens is 228 g/mol. The highest BCUT2D eigenvalue weighted by Crippen LogP contribution is 2.26. The Kier molecular flexibility index (Phi) is 2.69. The Balaban J connectivity index is 2.19. The Labute approximate surface area is 106 Å². The van der Waals surface area contributed by atoms with E-state index in [2.05, 4.69) is 16.8 Å². The van der Waals surface area contributed by atoms with Gasteiger partial charge in [0.25, 0.3) is 0 Å². The van der Waals surface area contributed by atoms with Gasteiger partial charge in [-0.1, -0.05) is 18.2 Å². The van der Waals surface area contributed by atoms with Gasteiger partial charge in [-0.15, -0.1) is 0 Å². The van der Waals surface area contributed by atoms with Crippen LogP contribution in [0.25, 0.3) is 10.9 Å². The number of ether oxygens (including phenoxy) is 1. The van der Waals surface area contributed by atoms with Gasteiger partial charge in [0, 0.05) is 23.7 Å². The van der Waals surface area contributed by atoms with Crippen molar-refractivity contribution in [3.63, 3.8) is 0 Å². The van der Waals surface area contributed by atoms with E-state index >= 15 is 0 Å². The number of hydrogen-bond acceptors (Lipinski definition) is 3. The van der Waals surface area contributed by atoms with Crippen LogP contribution in [0.1, 0.15) is 17.3 Å². The zero-order valence-corrected chi connectivity index (χ0v) is 10.3. The molecule has 1 atom stereocenters. The first-order chi connectivity index (χ1) is 8.74. The summed E-state index contributed by atoms with van der Waals surface area (Å²) in [6.07, 6.45) is 2.81. The molecule has 0 spiro atoms. The summed E-state index contributed by atoms with van der Waals surface area (Å²) >= 11 is 0. The first-order valence-corrected chi connectivity index (χ1v) is 6.13. The molecule has 4 nitrogen and oxygen atoms in total. The van der Waals surface area contributed by atoms with Crippen molar-refractivity contribution >= 4 is 17.2 Å². The van der Waals surface area contributed by atoms with Crippen LogP contribution in [0.15, 0.2) is 30.5 Å². The number of hydrogen-bond donors (Lipinski definition) is 1. The zero-order valence-electron chi connectivity index (χ0n) is 10.3. The number of carbonyl (C=O) groups excluding carboxylic acids is 1. The number of aromatic nitrogens is 1. The molecule has 2 aromatic rings. The van der Waals surface area contributed by atoms with Gasteiger partial charge in [0.1, 0.15) is 5.66 Å². The fourth-order valence-corrected chi connectivity index (χ4v) is 2.58.